The molecule has 6 nitrogen and oxygen atoms in total. The topological polar surface area (TPSA) is 77.1 Å². The van der Waals surface area contributed by atoms with Crippen molar-refractivity contribution in [2.75, 3.05) is 6.61 Å². The Morgan fingerprint density at radius 1 is 1.22 bits per heavy atom. The highest BCUT2D eigenvalue weighted by atomic mass is 16.5. The number of rotatable bonds is 5. The molecule has 122 valence electrons. The predicted molar refractivity (Wildman–Crippen MR) is 84.7 cm³/mol. The van der Waals surface area contributed by atoms with Gasteiger partial charge < -0.3 is 9.47 Å². The number of H-pyrrole nitrogens is 1. The Morgan fingerprint density at radius 2 is 1.96 bits per heavy atom. The lowest BCUT2D eigenvalue weighted by molar-refractivity contribution is 0.0516. The van der Waals surface area contributed by atoms with Gasteiger partial charge in [-0.05, 0) is 43.4 Å². The zero-order valence-electron chi connectivity index (χ0n) is 13.2. The molecule has 1 aromatic carbocycles. The zero-order chi connectivity index (χ0) is 16.1. The number of nitrogens with one attached hydrogen (secondary N) is 1. The highest BCUT2D eigenvalue weighted by Gasteiger charge is 2.19. The Hall–Kier alpha value is -2.37. The number of esters is 1. The van der Waals surface area contributed by atoms with Gasteiger partial charge in [0.05, 0.1) is 6.61 Å². The van der Waals surface area contributed by atoms with Gasteiger partial charge in [0.25, 0.3) is 5.88 Å². The predicted octanol–water partition coefficient (Wildman–Crippen LogP) is 3.82. The molecule has 1 fully saturated rings. The van der Waals surface area contributed by atoms with Crippen molar-refractivity contribution in [2.45, 2.75) is 44.9 Å². The van der Waals surface area contributed by atoms with E-state index in [0.29, 0.717) is 11.7 Å². The third kappa shape index (κ3) is 3.70. The van der Waals surface area contributed by atoms with Crippen LogP contribution in [0.25, 0.3) is 0 Å². The molecule has 0 aliphatic heterocycles. The summed E-state index contributed by atoms with van der Waals surface area (Å²) < 4.78 is 10.6. The number of ether oxygens (including phenoxy) is 2. The number of nitrogens with zero attached hydrogens (tertiary/aromatic N) is 2. The molecule has 1 N–H and O–H groups in total. The van der Waals surface area contributed by atoms with Crippen molar-refractivity contribution in [3.8, 4) is 11.6 Å². The molecular formula is C17H21N3O3. The molecule has 1 saturated carbocycles. The molecule has 1 aliphatic carbocycles. The second-order valence-electron chi connectivity index (χ2n) is 5.72. The Labute approximate surface area is 135 Å². The minimum atomic E-state index is -0.522. The SMILES string of the molecule is CCOC(=O)c1[nH]nnc1Oc1ccc(C2CCCCC2)cc1. The second-order valence-corrected chi connectivity index (χ2v) is 5.72. The van der Waals surface area contributed by atoms with E-state index in [2.05, 4.69) is 27.5 Å². The van der Waals surface area contributed by atoms with Gasteiger partial charge in [-0.15, -0.1) is 0 Å². The van der Waals surface area contributed by atoms with Crippen LogP contribution in [0.15, 0.2) is 24.3 Å². The molecule has 1 aromatic heterocycles. The van der Waals surface area contributed by atoms with Crippen LogP contribution in [0.5, 0.6) is 11.6 Å². The second kappa shape index (κ2) is 7.26. The molecule has 2 aromatic rings. The first kappa shape index (κ1) is 15.5. The molecule has 1 heterocycles. The molecule has 0 amide bonds. The van der Waals surface area contributed by atoms with Gasteiger partial charge in [0.15, 0.2) is 0 Å². The van der Waals surface area contributed by atoms with Crippen molar-refractivity contribution < 1.29 is 14.3 Å². The van der Waals surface area contributed by atoms with Gasteiger partial charge in [0, 0.05) is 0 Å². The summed E-state index contributed by atoms with van der Waals surface area (Å²) in [5.74, 6) is 0.893. The average molecular weight is 315 g/mol. The highest BCUT2D eigenvalue weighted by molar-refractivity contribution is 5.89. The van der Waals surface area contributed by atoms with Crippen molar-refractivity contribution in [2.24, 2.45) is 0 Å². The molecule has 3 rings (SSSR count). The largest absolute Gasteiger partial charge is 0.461 e. The monoisotopic (exact) mass is 315 g/mol. The van der Waals surface area contributed by atoms with Crippen molar-refractivity contribution in [3.63, 3.8) is 0 Å². The van der Waals surface area contributed by atoms with Crippen LogP contribution in [0.1, 0.15) is 61.0 Å². The summed E-state index contributed by atoms with van der Waals surface area (Å²) in [5, 5.41) is 9.92. The molecule has 6 heteroatoms. The molecule has 0 spiro atoms. The number of hydrogen-bond acceptors (Lipinski definition) is 5. The summed E-state index contributed by atoms with van der Waals surface area (Å²) >= 11 is 0. The lowest BCUT2D eigenvalue weighted by atomic mass is 9.84. The number of carbonyl (C=O) groups is 1. The molecule has 0 saturated heterocycles. The summed E-state index contributed by atoms with van der Waals surface area (Å²) in [6.07, 6.45) is 6.49. The fourth-order valence-electron chi connectivity index (χ4n) is 2.98. The van der Waals surface area contributed by atoms with Gasteiger partial charge in [-0.3, -0.25) is 0 Å². The minimum Gasteiger partial charge on any atom is -0.461 e. The first-order chi connectivity index (χ1) is 11.3. The molecule has 0 atom stereocenters. The van der Waals surface area contributed by atoms with E-state index in [0.717, 1.165) is 0 Å². The Bertz CT molecular complexity index is 645. The number of hydrogen-bond donors (Lipinski definition) is 1. The van der Waals surface area contributed by atoms with Crippen molar-refractivity contribution in [1.29, 1.82) is 0 Å². The minimum absolute atomic E-state index is 0.128. The maximum atomic E-state index is 11.8. The maximum Gasteiger partial charge on any atom is 0.362 e. The third-order valence-corrected chi connectivity index (χ3v) is 4.17. The van der Waals surface area contributed by atoms with E-state index in [1.807, 2.05) is 12.1 Å². The maximum absolute atomic E-state index is 11.8. The lowest BCUT2D eigenvalue weighted by Gasteiger charge is -2.22. The number of carbonyl (C=O) groups excluding carboxylic acids is 1. The smallest absolute Gasteiger partial charge is 0.362 e. The first-order valence-electron chi connectivity index (χ1n) is 8.14. The van der Waals surface area contributed by atoms with Crippen LogP contribution in [0.2, 0.25) is 0 Å². The van der Waals surface area contributed by atoms with Crippen LogP contribution >= 0.6 is 0 Å². The van der Waals surface area contributed by atoms with Gasteiger partial charge in [-0.1, -0.05) is 41.7 Å². The van der Waals surface area contributed by atoms with Crippen LogP contribution in [0.4, 0.5) is 0 Å². The average Bonchev–Trinajstić information content (AvgIpc) is 3.05. The van der Waals surface area contributed by atoms with Gasteiger partial charge in [0.1, 0.15) is 5.75 Å². The fraction of sp³-hybridized carbons (Fsp3) is 0.471. The highest BCUT2D eigenvalue weighted by Crippen LogP contribution is 2.33. The summed E-state index contributed by atoms with van der Waals surface area (Å²) in [6.45, 7) is 2.03. The van der Waals surface area contributed by atoms with Crippen molar-refractivity contribution >= 4 is 5.97 Å². The van der Waals surface area contributed by atoms with Gasteiger partial charge in [-0.2, -0.15) is 0 Å². The summed E-state index contributed by atoms with van der Waals surface area (Å²) in [5.41, 5.74) is 1.48. The van der Waals surface area contributed by atoms with E-state index in [1.165, 1.54) is 37.7 Å². The van der Waals surface area contributed by atoms with E-state index >= 15 is 0 Å². The Kier molecular flexibility index (Phi) is 4.90. The van der Waals surface area contributed by atoms with Crippen molar-refractivity contribution in [1.82, 2.24) is 15.4 Å². The number of benzene rings is 1. The van der Waals surface area contributed by atoms with Crippen LogP contribution in [0.3, 0.4) is 0 Å². The quantitative estimate of drug-likeness (QED) is 0.849. The zero-order valence-corrected chi connectivity index (χ0v) is 13.2. The molecule has 0 radical (unpaired) electrons. The standard InChI is InChI=1S/C17H21N3O3/c1-2-22-17(21)15-16(19-20-18-15)23-14-10-8-13(9-11-14)12-6-4-3-5-7-12/h8-12H,2-7H2,1H3,(H,18,19,20). The molecule has 1 aliphatic rings. The van der Waals surface area contributed by atoms with E-state index in [9.17, 15) is 4.79 Å². The lowest BCUT2D eigenvalue weighted by Crippen LogP contribution is -2.07. The normalized spacial score (nSPS) is 15.3. The number of aromatic nitrogens is 3. The van der Waals surface area contributed by atoms with Crippen molar-refractivity contribution in [3.05, 3.63) is 35.5 Å². The number of aromatic amines is 1. The van der Waals surface area contributed by atoms with E-state index in [-0.39, 0.29) is 18.2 Å². The van der Waals surface area contributed by atoms with Crippen LogP contribution in [-0.4, -0.2) is 28.0 Å². The molecule has 0 unspecified atom stereocenters. The Morgan fingerprint density at radius 3 is 2.65 bits per heavy atom. The van der Waals surface area contributed by atoms with Gasteiger partial charge in [-0.25, -0.2) is 9.89 Å². The van der Waals surface area contributed by atoms with Gasteiger partial charge >= 0.3 is 5.97 Å². The first-order valence-corrected chi connectivity index (χ1v) is 8.14. The molecule has 0 bridgehead atoms. The Balaban J connectivity index is 1.69. The summed E-state index contributed by atoms with van der Waals surface area (Å²) in [6, 6.07) is 8.01. The third-order valence-electron chi connectivity index (χ3n) is 4.17. The van der Waals surface area contributed by atoms with Crippen LogP contribution in [-0.2, 0) is 4.74 Å². The van der Waals surface area contributed by atoms with E-state index in [1.54, 1.807) is 6.92 Å². The van der Waals surface area contributed by atoms with Gasteiger partial charge in [0.2, 0.25) is 5.69 Å². The fourth-order valence-corrected chi connectivity index (χ4v) is 2.98. The van der Waals surface area contributed by atoms with E-state index < -0.39 is 5.97 Å². The van der Waals surface area contributed by atoms with E-state index in [4.69, 9.17) is 9.47 Å². The summed E-state index contributed by atoms with van der Waals surface area (Å²) in [4.78, 5) is 11.8. The molecular weight excluding hydrogens is 294 g/mol. The molecule has 23 heavy (non-hydrogen) atoms. The summed E-state index contributed by atoms with van der Waals surface area (Å²) in [7, 11) is 0. The van der Waals surface area contributed by atoms with Crippen LogP contribution in [0, 0.1) is 0 Å². The van der Waals surface area contributed by atoms with Crippen LogP contribution < -0.4 is 4.74 Å².